The quantitative estimate of drug-likeness (QED) is 0.798. The van der Waals surface area contributed by atoms with Crippen molar-refractivity contribution in [2.24, 2.45) is 0 Å². The first-order valence-electron chi connectivity index (χ1n) is 9.22. The lowest BCUT2D eigenvalue weighted by Gasteiger charge is -2.28. The molecule has 0 bridgehead atoms. The Labute approximate surface area is 171 Å². The van der Waals surface area contributed by atoms with Crippen LogP contribution in [-0.2, 0) is 14.3 Å². The van der Waals surface area contributed by atoms with E-state index in [0.29, 0.717) is 28.5 Å². The van der Waals surface area contributed by atoms with Crippen LogP contribution in [0, 0.1) is 0 Å². The van der Waals surface area contributed by atoms with E-state index in [0.717, 1.165) is 11.1 Å². The fraction of sp³-hybridized carbons (Fsp3) is 0.364. The maximum absolute atomic E-state index is 13.3. The lowest BCUT2D eigenvalue weighted by molar-refractivity contribution is -0.130. The van der Waals surface area contributed by atoms with Gasteiger partial charge in [-0.05, 0) is 69.5 Å². The summed E-state index contributed by atoms with van der Waals surface area (Å²) < 4.78 is 5.37. The molecule has 28 heavy (non-hydrogen) atoms. The van der Waals surface area contributed by atoms with Gasteiger partial charge in [-0.3, -0.25) is 14.5 Å². The van der Waals surface area contributed by atoms with E-state index < -0.39 is 0 Å². The topological polar surface area (TPSA) is 58.6 Å². The smallest absolute Gasteiger partial charge is 0.254 e. The van der Waals surface area contributed by atoms with Gasteiger partial charge in [0.1, 0.15) is 12.3 Å². The summed E-state index contributed by atoms with van der Waals surface area (Å²) in [5.74, 6) is 0.143. The maximum atomic E-state index is 13.3. The normalized spacial score (nSPS) is 18.1. The average Bonchev–Trinajstić information content (AvgIpc) is 2.66. The first-order chi connectivity index (χ1) is 13.2. The van der Waals surface area contributed by atoms with Gasteiger partial charge in [0.25, 0.3) is 5.91 Å². The van der Waals surface area contributed by atoms with Crippen molar-refractivity contribution in [1.82, 2.24) is 10.2 Å². The van der Waals surface area contributed by atoms with Crippen LogP contribution in [0.2, 0.25) is 5.02 Å². The van der Waals surface area contributed by atoms with Gasteiger partial charge < -0.3 is 10.1 Å². The Morgan fingerprint density at radius 3 is 2.64 bits per heavy atom. The molecular weight excluding hydrogens is 376 g/mol. The molecule has 2 rings (SSSR count). The number of carbonyl (C=O) groups excluding carboxylic acids is 2. The van der Waals surface area contributed by atoms with E-state index in [1.54, 1.807) is 32.2 Å². The molecule has 5 nitrogen and oxygen atoms in total. The van der Waals surface area contributed by atoms with Crippen LogP contribution in [0.25, 0.3) is 5.70 Å². The number of methoxy groups -OCH3 is 1. The zero-order valence-corrected chi connectivity index (χ0v) is 17.8. The molecule has 2 amide bonds. The number of carbonyl (C=O) groups is 2. The lowest BCUT2D eigenvalue weighted by atomic mass is 10.0. The molecule has 0 saturated heterocycles. The highest BCUT2D eigenvalue weighted by Crippen LogP contribution is 2.30. The number of allylic oxidation sites excluding steroid dienone is 3. The minimum absolute atomic E-state index is 0.0155. The molecular formula is C22H27ClN2O3. The first kappa shape index (κ1) is 21.8. The second-order valence-electron chi connectivity index (χ2n) is 7.09. The number of ether oxygens (including phenoxy) is 1. The van der Waals surface area contributed by atoms with E-state index in [-0.39, 0.29) is 24.4 Å². The molecule has 150 valence electrons. The van der Waals surface area contributed by atoms with Crippen LogP contribution in [0.1, 0.15) is 39.7 Å². The highest BCUT2D eigenvalue weighted by Gasteiger charge is 2.26. The van der Waals surface area contributed by atoms with E-state index in [9.17, 15) is 9.59 Å². The Morgan fingerprint density at radius 2 is 2.04 bits per heavy atom. The van der Waals surface area contributed by atoms with Crippen LogP contribution in [0.3, 0.4) is 0 Å². The number of nitrogens with zero attached hydrogens (tertiary/aromatic N) is 1. The molecule has 0 fully saturated rings. The van der Waals surface area contributed by atoms with Crippen LogP contribution in [-0.4, -0.2) is 36.4 Å². The summed E-state index contributed by atoms with van der Waals surface area (Å²) in [6, 6.07) is 7.29. The monoisotopic (exact) mass is 402 g/mol. The predicted octanol–water partition coefficient (Wildman–Crippen LogP) is 4.30. The third-order valence-corrected chi connectivity index (χ3v) is 4.55. The van der Waals surface area contributed by atoms with Crippen molar-refractivity contribution in [3.63, 3.8) is 0 Å². The molecule has 0 radical (unpaired) electrons. The van der Waals surface area contributed by atoms with Gasteiger partial charge in [0.05, 0.1) is 12.8 Å². The van der Waals surface area contributed by atoms with Crippen molar-refractivity contribution in [2.45, 2.75) is 40.2 Å². The number of halogens is 1. The fourth-order valence-corrected chi connectivity index (χ4v) is 3.26. The summed E-state index contributed by atoms with van der Waals surface area (Å²) in [5, 5.41) is 3.42. The van der Waals surface area contributed by atoms with Gasteiger partial charge in [0.15, 0.2) is 0 Å². The molecule has 0 spiro atoms. The fourth-order valence-electron chi connectivity index (χ4n) is 3.07. The summed E-state index contributed by atoms with van der Waals surface area (Å²) in [5.41, 5.74) is 2.90. The molecule has 0 aliphatic carbocycles. The van der Waals surface area contributed by atoms with Crippen LogP contribution in [0.4, 0.5) is 0 Å². The van der Waals surface area contributed by atoms with Crippen molar-refractivity contribution in [3.05, 3.63) is 63.9 Å². The molecule has 0 atom stereocenters. The van der Waals surface area contributed by atoms with Gasteiger partial charge in [0, 0.05) is 16.6 Å². The number of hydrogen-bond acceptors (Lipinski definition) is 3. The summed E-state index contributed by atoms with van der Waals surface area (Å²) >= 11 is 6.20. The van der Waals surface area contributed by atoms with E-state index in [1.807, 2.05) is 39.0 Å². The summed E-state index contributed by atoms with van der Waals surface area (Å²) in [7, 11) is 1.57. The Hall–Kier alpha value is -2.53. The Bertz CT molecular complexity index is 853. The van der Waals surface area contributed by atoms with Gasteiger partial charge in [-0.15, -0.1) is 0 Å². The molecule has 1 aliphatic rings. The highest BCUT2D eigenvalue weighted by molar-refractivity contribution is 6.30. The van der Waals surface area contributed by atoms with Crippen molar-refractivity contribution in [1.29, 1.82) is 0 Å². The standard InChI is InChI=1S/C22H27ClN2O3/c1-14(2)24-20(26)13-25-21(17-7-6-8-18(23)12-17)15(3)9-10-19(28-5)11-16(4)22(25)27/h6-8,10-12,14H,9,13H2,1-5H3,(H,24,26)/b16-11?,19-10?,21-15-. The Balaban J connectivity index is 2.61. The van der Waals surface area contributed by atoms with Crippen molar-refractivity contribution in [3.8, 4) is 0 Å². The molecule has 0 aromatic heterocycles. The average molecular weight is 403 g/mol. The van der Waals surface area contributed by atoms with Crippen LogP contribution in [0.5, 0.6) is 0 Å². The molecule has 0 saturated carbocycles. The minimum Gasteiger partial charge on any atom is -0.497 e. The van der Waals surface area contributed by atoms with Crippen molar-refractivity contribution < 1.29 is 14.3 Å². The second kappa shape index (κ2) is 9.60. The Morgan fingerprint density at radius 1 is 1.32 bits per heavy atom. The van der Waals surface area contributed by atoms with Crippen LogP contribution >= 0.6 is 11.6 Å². The number of hydrogen-bond donors (Lipinski definition) is 1. The predicted molar refractivity (Wildman–Crippen MR) is 113 cm³/mol. The molecule has 1 aromatic carbocycles. The third-order valence-electron chi connectivity index (χ3n) is 4.31. The zero-order chi connectivity index (χ0) is 20.8. The van der Waals surface area contributed by atoms with Gasteiger partial charge in [-0.1, -0.05) is 23.7 Å². The summed E-state index contributed by atoms with van der Waals surface area (Å²) in [4.78, 5) is 27.3. The van der Waals surface area contributed by atoms with E-state index >= 15 is 0 Å². The van der Waals surface area contributed by atoms with E-state index in [2.05, 4.69) is 5.32 Å². The minimum atomic E-state index is -0.252. The van der Waals surface area contributed by atoms with Gasteiger partial charge in [-0.25, -0.2) is 0 Å². The van der Waals surface area contributed by atoms with Crippen molar-refractivity contribution >= 4 is 29.1 Å². The van der Waals surface area contributed by atoms with Gasteiger partial charge >= 0.3 is 0 Å². The number of amides is 2. The maximum Gasteiger partial charge on any atom is 0.254 e. The largest absolute Gasteiger partial charge is 0.497 e. The summed E-state index contributed by atoms with van der Waals surface area (Å²) in [6.07, 6.45) is 4.20. The third kappa shape index (κ3) is 5.49. The zero-order valence-electron chi connectivity index (χ0n) is 17.0. The molecule has 1 aromatic rings. The molecule has 1 heterocycles. The lowest BCUT2D eigenvalue weighted by Crippen LogP contribution is -2.42. The SMILES string of the molecule is COC1=CC/C(C)=C(/c2cccc(Cl)c2)N(CC(=O)NC(C)C)C(=O)C(C)=C1. The molecule has 1 N–H and O–H groups in total. The number of rotatable bonds is 5. The van der Waals surface area contributed by atoms with Gasteiger partial charge in [-0.2, -0.15) is 0 Å². The van der Waals surface area contributed by atoms with Crippen LogP contribution < -0.4 is 5.32 Å². The highest BCUT2D eigenvalue weighted by atomic mass is 35.5. The number of nitrogens with one attached hydrogen (secondary N) is 1. The van der Waals surface area contributed by atoms with Crippen molar-refractivity contribution in [2.75, 3.05) is 13.7 Å². The molecule has 6 heteroatoms. The van der Waals surface area contributed by atoms with E-state index in [4.69, 9.17) is 16.3 Å². The van der Waals surface area contributed by atoms with E-state index in [1.165, 1.54) is 4.90 Å². The Kier molecular flexibility index (Phi) is 7.46. The van der Waals surface area contributed by atoms with Gasteiger partial charge in [0.2, 0.25) is 5.91 Å². The summed E-state index contributed by atoms with van der Waals surface area (Å²) in [6.45, 7) is 7.36. The molecule has 1 aliphatic heterocycles. The second-order valence-corrected chi connectivity index (χ2v) is 7.53. The first-order valence-corrected chi connectivity index (χ1v) is 9.60. The number of benzene rings is 1. The van der Waals surface area contributed by atoms with Crippen LogP contribution in [0.15, 0.2) is 53.3 Å². The molecule has 0 unspecified atom stereocenters.